The van der Waals surface area contributed by atoms with E-state index in [2.05, 4.69) is 26.8 Å². The fourth-order valence-corrected chi connectivity index (χ4v) is 2.69. The molecule has 2 atom stereocenters. The average Bonchev–Trinajstić information content (AvgIpc) is 2.01. The zero-order chi connectivity index (χ0) is 10.8. The second kappa shape index (κ2) is 4.29. The number of carbonyl (C=O) groups is 1. The summed E-state index contributed by atoms with van der Waals surface area (Å²) >= 11 is 0. The first-order chi connectivity index (χ1) is 6.43. The Balaban J connectivity index is 2.75. The number of hydrogen-bond donors (Lipinski definition) is 0. The first-order valence-corrected chi connectivity index (χ1v) is 5.62. The molecule has 1 fully saturated rings. The molecule has 0 aromatic carbocycles. The highest BCUT2D eigenvalue weighted by molar-refractivity contribution is 5.87. The maximum Gasteiger partial charge on any atom is 0.152 e. The molecule has 1 aliphatic rings. The predicted octanol–water partition coefficient (Wildman–Crippen LogP) is 3.59. The van der Waals surface area contributed by atoms with E-state index < -0.39 is 0 Å². The fraction of sp³-hybridized carbons (Fsp3) is 0.769. The van der Waals surface area contributed by atoms with Gasteiger partial charge in [0.05, 0.1) is 0 Å². The van der Waals surface area contributed by atoms with Crippen LogP contribution in [-0.2, 0) is 4.79 Å². The van der Waals surface area contributed by atoms with E-state index in [1.807, 2.05) is 0 Å². The molecule has 0 N–H and O–H groups in total. The Labute approximate surface area is 87.6 Å². The van der Waals surface area contributed by atoms with Crippen LogP contribution in [0.3, 0.4) is 0 Å². The van der Waals surface area contributed by atoms with Crippen LogP contribution in [0.2, 0.25) is 0 Å². The molecule has 1 unspecified atom stereocenters. The van der Waals surface area contributed by atoms with Gasteiger partial charge in [-0.1, -0.05) is 39.7 Å². The third-order valence-corrected chi connectivity index (χ3v) is 3.53. The number of carbonyl (C=O) groups excluding carboxylic acids is 1. The molecule has 0 heterocycles. The van der Waals surface area contributed by atoms with Gasteiger partial charge in [0.2, 0.25) is 0 Å². The molecule has 0 aromatic rings. The molecule has 0 aromatic heterocycles. The Morgan fingerprint density at radius 1 is 1.43 bits per heavy atom. The van der Waals surface area contributed by atoms with Crippen LogP contribution in [0.25, 0.3) is 0 Å². The number of hydrogen-bond acceptors (Lipinski definition) is 1. The van der Waals surface area contributed by atoms with Crippen molar-refractivity contribution >= 4 is 5.78 Å². The Hall–Kier alpha value is -0.590. The van der Waals surface area contributed by atoms with Crippen molar-refractivity contribution in [1.82, 2.24) is 0 Å². The van der Waals surface area contributed by atoms with Crippen molar-refractivity contribution in [1.29, 1.82) is 0 Å². The molecule has 1 nitrogen and oxygen atoms in total. The Bertz CT molecular complexity index is 238. The molecule has 1 aliphatic carbocycles. The molecular formula is C13H22O. The van der Waals surface area contributed by atoms with E-state index >= 15 is 0 Å². The summed E-state index contributed by atoms with van der Waals surface area (Å²) in [7, 11) is 0. The molecule has 80 valence electrons. The third kappa shape index (κ3) is 2.70. The zero-order valence-corrected chi connectivity index (χ0v) is 9.84. The first-order valence-electron chi connectivity index (χ1n) is 5.62. The molecule has 1 heteroatoms. The minimum atomic E-state index is 0.165. The predicted molar refractivity (Wildman–Crippen MR) is 60.1 cm³/mol. The normalized spacial score (nSPS) is 32.0. The lowest BCUT2D eigenvalue weighted by atomic mass is 9.64. The second-order valence-electron chi connectivity index (χ2n) is 5.35. The van der Waals surface area contributed by atoms with Crippen molar-refractivity contribution in [2.24, 2.45) is 17.3 Å². The van der Waals surface area contributed by atoms with Gasteiger partial charge in [0.25, 0.3) is 0 Å². The third-order valence-electron chi connectivity index (χ3n) is 3.53. The highest BCUT2D eigenvalue weighted by atomic mass is 16.1. The highest BCUT2D eigenvalue weighted by Gasteiger charge is 2.34. The van der Waals surface area contributed by atoms with Crippen LogP contribution in [0.1, 0.15) is 47.0 Å². The van der Waals surface area contributed by atoms with Gasteiger partial charge < -0.3 is 0 Å². The molecule has 0 amide bonds. The van der Waals surface area contributed by atoms with Crippen LogP contribution in [0.4, 0.5) is 0 Å². The second-order valence-corrected chi connectivity index (χ2v) is 5.35. The summed E-state index contributed by atoms with van der Waals surface area (Å²) in [6.07, 6.45) is 7.79. The van der Waals surface area contributed by atoms with Crippen molar-refractivity contribution in [2.45, 2.75) is 47.0 Å². The van der Waals surface area contributed by atoms with Crippen LogP contribution in [-0.4, -0.2) is 5.78 Å². The van der Waals surface area contributed by atoms with E-state index in [1.54, 1.807) is 13.0 Å². The van der Waals surface area contributed by atoms with Crippen molar-refractivity contribution in [3.8, 4) is 0 Å². The van der Waals surface area contributed by atoms with Crippen molar-refractivity contribution < 1.29 is 4.79 Å². The average molecular weight is 194 g/mol. The van der Waals surface area contributed by atoms with Gasteiger partial charge in [-0.2, -0.15) is 0 Å². The topological polar surface area (TPSA) is 17.1 Å². The van der Waals surface area contributed by atoms with Gasteiger partial charge in [0.1, 0.15) is 0 Å². The quantitative estimate of drug-likeness (QED) is 0.614. The van der Waals surface area contributed by atoms with Gasteiger partial charge >= 0.3 is 0 Å². The van der Waals surface area contributed by atoms with Gasteiger partial charge in [-0.15, -0.1) is 0 Å². The number of allylic oxidation sites excluding steroid dienone is 2. The number of rotatable bonds is 2. The van der Waals surface area contributed by atoms with Gasteiger partial charge in [-0.05, 0) is 36.7 Å². The van der Waals surface area contributed by atoms with Crippen molar-refractivity contribution in [3.63, 3.8) is 0 Å². The lowest BCUT2D eigenvalue weighted by Crippen LogP contribution is -2.32. The van der Waals surface area contributed by atoms with E-state index in [0.717, 1.165) is 0 Å². The van der Waals surface area contributed by atoms with Gasteiger partial charge in [0, 0.05) is 0 Å². The van der Waals surface area contributed by atoms with E-state index in [4.69, 9.17) is 0 Å². The van der Waals surface area contributed by atoms with E-state index in [-0.39, 0.29) is 5.78 Å². The minimum Gasteiger partial charge on any atom is -0.295 e. The summed E-state index contributed by atoms with van der Waals surface area (Å²) in [5.74, 6) is 1.45. The molecular weight excluding hydrogens is 172 g/mol. The van der Waals surface area contributed by atoms with Crippen LogP contribution in [0, 0.1) is 17.3 Å². The SMILES string of the molecule is CC(=O)/C=C/[C@@H]1C(C)CCCC1(C)C. The largest absolute Gasteiger partial charge is 0.295 e. The molecule has 14 heavy (non-hydrogen) atoms. The van der Waals surface area contributed by atoms with Crippen LogP contribution >= 0.6 is 0 Å². The van der Waals surface area contributed by atoms with E-state index in [1.165, 1.54) is 19.3 Å². The van der Waals surface area contributed by atoms with E-state index in [9.17, 15) is 4.79 Å². The Kier molecular flexibility index (Phi) is 3.52. The fourth-order valence-electron chi connectivity index (χ4n) is 2.69. The maximum absolute atomic E-state index is 10.9. The molecule has 0 bridgehead atoms. The summed E-state index contributed by atoms with van der Waals surface area (Å²) in [6, 6.07) is 0. The van der Waals surface area contributed by atoms with Gasteiger partial charge in [0.15, 0.2) is 5.78 Å². The first kappa shape index (κ1) is 11.5. The molecule has 0 radical (unpaired) electrons. The van der Waals surface area contributed by atoms with E-state index in [0.29, 0.717) is 17.3 Å². The summed E-state index contributed by atoms with van der Waals surface area (Å²) < 4.78 is 0. The van der Waals surface area contributed by atoms with Crippen LogP contribution in [0.5, 0.6) is 0 Å². The summed E-state index contributed by atoms with van der Waals surface area (Å²) in [6.45, 7) is 8.56. The van der Waals surface area contributed by atoms with Crippen molar-refractivity contribution in [2.75, 3.05) is 0 Å². The number of ketones is 1. The zero-order valence-electron chi connectivity index (χ0n) is 9.84. The molecule has 0 aliphatic heterocycles. The summed E-state index contributed by atoms with van der Waals surface area (Å²) in [4.78, 5) is 10.9. The van der Waals surface area contributed by atoms with Gasteiger partial charge in [-0.25, -0.2) is 0 Å². The maximum atomic E-state index is 10.9. The van der Waals surface area contributed by atoms with Crippen LogP contribution in [0.15, 0.2) is 12.2 Å². The molecule has 0 saturated heterocycles. The lowest BCUT2D eigenvalue weighted by molar-refractivity contribution is -0.112. The lowest BCUT2D eigenvalue weighted by Gasteiger charge is -2.41. The minimum absolute atomic E-state index is 0.165. The monoisotopic (exact) mass is 194 g/mol. The summed E-state index contributed by atoms with van der Waals surface area (Å²) in [5.41, 5.74) is 0.365. The molecule has 1 rings (SSSR count). The standard InChI is InChI=1S/C13H22O/c1-10-6-5-9-13(3,4)12(10)8-7-11(2)14/h7-8,10,12H,5-6,9H2,1-4H3/b8-7+/t10?,12-/m1/s1. The van der Waals surface area contributed by atoms with Crippen LogP contribution < -0.4 is 0 Å². The Morgan fingerprint density at radius 2 is 2.07 bits per heavy atom. The smallest absolute Gasteiger partial charge is 0.152 e. The Morgan fingerprint density at radius 3 is 2.57 bits per heavy atom. The molecule has 1 saturated carbocycles. The molecule has 0 spiro atoms. The highest BCUT2D eigenvalue weighted by Crippen LogP contribution is 2.44. The van der Waals surface area contributed by atoms with Gasteiger partial charge in [-0.3, -0.25) is 4.79 Å². The summed E-state index contributed by atoms with van der Waals surface area (Å²) in [5, 5.41) is 0. The van der Waals surface area contributed by atoms with Crippen molar-refractivity contribution in [3.05, 3.63) is 12.2 Å².